The van der Waals surface area contributed by atoms with Crippen molar-refractivity contribution in [2.75, 3.05) is 0 Å². The Balaban J connectivity index is 2.09. The van der Waals surface area contributed by atoms with Gasteiger partial charge in [-0.2, -0.15) is 0 Å². The van der Waals surface area contributed by atoms with Crippen LogP contribution >= 0.6 is 11.8 Å². The van der Waals surface area contributed by atoms with Crippen molar-refractivity contribution in [3.8, 4) is 0 Å². The van der Waals surface area contributed by atoms with E-state index in [1.54, 1.807) is 11.8 Å². The standard InChI is InChI=1S/C13H16O2S/c1-8-4-5-11(6-9(8)2)16-12-7-10(3)15-13(12)14/h4-6,10,12H,7H2,1-3H3/t10-,12-/m1/s1. The highest BCUT2D eigenvalue weighted by Crippen LogP contribution is 2.32. The fourth-order valence-electron chi connectivity index (χ4n) is 1.77. The first-order valence-electron chi connectivity index (χ1n) is 5.50. The second-order valence-corrected chi connectivity index (χ2v) is 5.61. The number of esters is 1. The highest BCUT2D eigenvalue weighted by molar-refractivity contribution is 8.00. The van der Waals surface area contributed by atoms with Crippen LogP contribution in [0.15, 0.2) is 23.1 Å². The molecular weight excluding hydrogens is 220 g/mol. The van der Waals surface area contributed by atoms with Crippen LogP contribution in [0.2, 0.25) is 0 Å². The van der Waals surface area contributed by atoms with Crippen LogP contribution in [-0.2, 0) is 9.53 Å². The molecule has 0 spiro atoms. The number of cyclic esters (lactones) is 1. The molecule has 0 amide bonds. The Hall–Kier alpha value is -0.960. The van der Waals surface area contributed by atoms with E-state index in [1.807, 2.05) is 6.92 Å². The van der Waals surface area contributed by atoms with Crippen molar-refractivity contribution < 1.29 is 9.53 Å². The molecule has 1 aromatic carbocycles. The number of hydrogen-bond donors (Lipinski definition) is 0. The Morgan fingerprint density at radius 1 is 1.31 bits per heavy atom. The molecule has 16 heavy (non-hydrogen) atoms. The number of benzene rings is 1. The summed E-state index contributed by atoms with van der Waals surface area (Å²) in [5.74, 6) is -0.0734. The zero-order valence-electron chi connectivity index (χ0n) is 9.82. The molecule has 1 saturated heterocycles. The lowest BCUT2D eigenvalue weighted by Gasteiger charge is -2.07. The second kappa shape index (κ2) is 4.50. The summed E-state index contributed by atoms with van der Waals surface area (Å²) in [6, 6.07) is 6.31. The van der Waals surface area contributed by atoms with Crippen molar-refractivity contribution in [3.05, 3.63) is 29.3 Å². The van der Waals surface area contributed by atoms with Gasteiger partial charge in [0.25, 0.3) is 0 Å². The van der Waals surface area contributed by atoms with Gasteiger partial charge >= 0.3 is 5.97 Å². The lowest BCUT2D eigenvalue weighted by atomic mass is 10.1. The van der Waals surface area contributed by atoms with E-state index in [4.69, 9.17) is 4.74 Å². The quantitative estimate of drug-likeness (QED) is 0.738. The molecule has 2 rings (SSSR count). The van der Waals surface area contributed by atoms with Gasteiger partial charge in [-0.05, 0) is 44.0 Å². The maximum atomic E-state index is 11.5. The summed E-state index contributed by atoms with van der Waals surface area (Å²) in [6.45, 7) is 6.13. The molecule has 1 aliphatic rings. The van der Waals surface area contributed by atoms with Crippen molar-refractivity contribution >= 4 is 17.7 Å². The molecular formula is C13H16O2S. The fourth-order valence-corrected chi connectivity index (χ4v) is 3.01. The normalized spacial score (nSPS) is 24.6. The average Bonchev–Trinajstić information content (AvgIpc) is 2.51. The van der Waals surface area contributed by atoms with E-state index in [0.29, 0.717) is 0 Å². The SMILES string of the molecule is Cc1ccc(S[C@@H]2C[C@@H](C)OC2=O)cc1C. The third-order valence-corrected chi connectivity index (χ3v) is 4.08. The van der Waals surface area contributed by atoms with E-state index < -0.39 is 0 Å². The Bertz CT molecular complexity index is 414. The summed E-state index contributed by atoms with van der Waals surface area (Å²) in [4.78, 5) is 12.6. The Kier molecular flexibility index (Phi) is 3.24. The third-order valence-electron chi connectivity index (χ3n) is 2.88. The van der Waals surface area contributed by atoms with Gasteiger partial charge in [-0.3, -0.25) is 4.79 Å². The summed E-state index contributed by atoms with van der Waals surface area (Å²) >= 11 is 1.61. The summed E-state index contributed by atoms with van der Waals surface area (Å²) in [5, 5.41) is -0.0305. The van der Waals surface area contributed by atoms with Crippen LogP contribution < -0.4 is 0 Å². The number of aryl methyl sites for hydroxylation is 2. The summed E-state index contributed by atoms with van der Waals surface area (Å²) < 4.78 is 5.14. The molecule has 0 radical (unpaired) electrons. The number of rotatable bonds is 2. The number of hydrogen-bond acceptors (Lipinski definition) is 3. The van der Waals surface area contributed by atoms with Gasteiger partial charge in [-0.1, -0.05) is 6.07 Å². The molecule has 1 aromatic rings. The van der Waals surface area contributed by atoms with Gasteiger partial charge in [-0.25, -0.2) is 0 Å². The van der Waals surface area contributed by atoms with Crippen LogP contribution in [0.1, 0.15) is 24.5 Å². The van der Waals surface area contributed by atoms with E-state index in [9.17, 15) is 4.79 Å². The second-order valence-electron chi connectivity index (χ2n) is 4.34. The molecule has 0 N–H and O–H groups in total. The van der Waals surface area contributed by atoms with Gasteiger partial charge in [0.1, 0.15) is 11.4 Å². The van der Waals surface area contributed by atoms with E-state index in [2.05, 4.69) is 32.0 Å². The van der Waals surface area contributed by atoms with Crippen LogP contribution in [0.4, 0.5) is 0 Å². The number of ether oxygens (including phenoxy) is 1. The van der Waals surface area contributed by atoms with E-state index in [1.165, 1.54) is 11.1 Å². The monoisotopic (exact) mass is 236 g/mol. The van der Waals surface area contributed by atoms with E-state index >= 15 is 0 Å². The van der Waals surface area contributed by atoms with Crippen LogP contribution in [-0.4, -0.2) is 17.3 Å². The van der Waals surface area contributed by atoms with Crippen molar-refractivity contribution in [1.29, 1.82) is 0 Å². The van der Waals surface area contributed by atoms with Gasteiger partial charge in [0, 0.05) is 11.3 Å². The maximum Gasteiger partial charge on any atom is 0.319 e. The van der Waals surface area contributed by atoms with E-state index in [-0.39, 0.29) is 17.3 Å². The molecule has 2 atom stereocenters. The minimum absolute atomic E-state index is 0.0305. The van der Waals surface area contributed by atoms with E-state index in [0.717, 1.165) is 11.3 Å². The first-order valence-corrected chi connectivity index (χ1v) is 6.38. The van der Waals surface area contributed by atoms with Gasteiger partial charge in [0.15, 0.2) is 0 Å². The van der Waals surface area contributed by atoms with Gasteiger partial charge in [0.05, 0.1) is 0 Å². The van der Waals surface area contributed by atoms with Gasteiger partial charge in [0.2, 0.25) is 0 Å². The molecule has 3 heteroatoms. The van der Waals surface area contributed by atoms with Gasteiger partial charge < -0.3 is 4.74 Å². The van der Waals surface area contributed by atoms with Crippen LogP contribution in [0.5, 0.6) is 0 Å². The van der Waals surface area contributed by atoms with Crippen molar-refractivity contribution in [3.63, 3.8) is 0 Å². The Labute approximate surface area is 100 Å². The zero-order valence-corrected chi connectivity index (χ0v) is 10.6. The molecule has 1 heterocycles. The predicted molar refractivity (Wildman–Crippen MR) is 65.7 cm³/mol. The predicted octanol–water partition coefficient (Wildman–Crippen LogP) is 3.10. The minimum Gasteiger partial charge on any atom is -0.462 e. The molecule has 0 saturated carbocycles. The molecule has 2 nitrogen and oxygen atoms in total. The van der Waals surface area contributed by atoms with Crippen LogP contribution in [0.3, 0.4) is 0 Å². The maximum absolute atomic E-state index is 11.5. The molecule has 0 bridgehead atoms. The first kappa shape index (κ1) is 11.5. The summed E-state index contributed by atoms with van der Waals surface area (Å²) in [7, 11) is 0. The number of carbonyl (C=O) groups excluding carboxylic acids is 1. The molecule has 1 fully saturated rings. The molecule has 86 valence electrons. The topological polar surface area (TPSA) is 26.3 Å². The minimum atomic E-state index is -0.0734. The Morgan fingerprint density at radius 2 is 2.06 bits per heavy atom. The van der Waals surface area contributed by atoms with Crippen LogP contribution in [0, 0.1) is 13.8 Å². The van der Waals surface area contributed by atoms with Gasteiger partial charge in [-0.15, -0.1) is 11.8 Å². The molecule has 0 aromatic heterocycles. The first-order chi connectivity index (χ1) is 7.56. The van der Waals surface area contributed by atoms with Crippen molar-refractivity contribution in [2.45, 2.75) is 43.4 Å². The zero-order chi connectivity index (χ0) is 11.7. The summed E-state index contributed by atoms with van der Waals surface area (Å²) in [6.07, 6.45) is 0.882. The molecule has 0 aliphatic carbocycles. The largest absolute Gasteiger partial charge is 0.462 e. The third kappa shape index (κ3) is 2.40. The lowest BCUT2D eigenvalue weighted by Crippen LogP contribution is -2.09. The number of carbonyl (C=O) groups is 1. The van der Waals surface area contributed by atoms with Crippen molar-refractivity contribution in [2.24, 2.45) is 0 Å². The summed E-state index contributed by atoms with van der Waals surface area (Å²) in [5.41, 5.74) is 2.55. The van der Waals surface area contributed by atoms with Crippen molar-refractivity contribution in [1.82, 2.24) is 0 Å². The fraction of sp³-hybridized carbons (Fsp3) is 0.462. The lowest BCUT2D eigenvalue weighted by molar-refractivity contribution is -0.140. The molecule has 1 aliphatic heterocycles. The van der Waals surface area contributed by atoms with Crippen LogP contribution in [0.25, 0.3) is 0 Å². The Morgan fingerprint density at radius 3 is 2.62 bits per heavy atom. The highest BCUT2D eigenvalue weighted by atomic mass is 32.2. The highest BCUT2D eigenvalue weighted by Gasteiger charge is 2.32. The number of thioether (sulfide) groups is 1. The smallest absolute Gasteiger partial charge is 0.319 e. The molecule has 0 unspecified atom stereocenters. The average molecular weight is 236 g/mol.